The van der Waals surface area contributed by atoms with Crippen molar-refractivity contribution in [3.63, 3.8) is 0 Å². The van der Waals surface area contributed by atoms with Gasteiger partial charge in [-0.2, -0.15) is 18.2 Å². The van der Waals surface area contributed by atoms with E-state index in [0.29, 0.717) is 42.6 Å². The number of morpholine rings is 1. The van der Waals surface area contributed by atoms with Crippen LogP contribution < -0.4 is 20.9 Å². The third-order valence-corrected chi connectivity index (χ3v) is 7.91. The first-order valence-electron chi connectivity index (χ1n) is 13.8. The average molecular weight is 634 g/mol. The Balaban J connectivity index is 0.000000493. The van der Waals surface area contributed by atoms with Gasteiger partial charge in [-0.1, -0.05) is 17.4 Å². The van der Waals surface area contributed by atoms with E-state index < -0.39 is 12.1 Å². The SMILES string of the molecule is NCc1cn(-c2cccc(C(=O)Nc3cc4sc(N5CCOCC5)nc4nc3N3CCCCC3)n2)cn1.O=C(O)C(F)(F)F. The van der Waals surface area contributed by atoms with Gasteiger partial charge >= 0.3 is 12.1 Å². The first kappa shape index (κ1) is 31.1. The van der Waals surface area contributed by atoms with Crippen molar-refractivity contribution >= 4 is 50.2 Å². The Bertz CT molecular complexity index is 1620. The summed E-state index contributed by atoms with van der Waals surface area (Å²) in [7, 11) is 0. The molecule has 0 bridgehead atoms. The summed E-state index contributed by atoms with van der Waals surface area (Å²) in [6, 6.07) is 7.34. The molecule has 0 saturated carbocycles. The number of nitrogens with one attached hydrogen (secondary N) is 1. The van der Waals surface area contributed by atoms with E-state index >= 15 is 0 Å². The number of ether oxygens (including phenoxy) is 1. The predicted molar refractivity (Wildman–Crippen MR) is 157 cm³/mol. The number of alkyl halides is 3. The fraction of sp³-hybridized carbons (Fsp3) is 0.407. The summed E-state index contributed by atoms with van der Waals surface area (Å²) in [6.07, 6.45) is 1.78. The highest BCUT2D eigenvalue weighted by molar-refractivity contribution is 7.22. The predicted octanol–water partition coefficient (Wildman–Crippen LogP) is 3.44. The highest BCUT2D eigenvalue weighted by atomic mass is 32.1. The van der Waals surface area contributed by atoms with Gasteiger partial charge in [0.25, 0.3) is 5.91 Å². The molecular formula is C27H30F3N9O4S. The zero-order chi connectivity index (χ0) is 31.3. The van der Waals surface area contributed by atoms with Crippen LogP contribution in [0.4, 0.5) is 29.8 Å². The molecule has 0 unspecified atom stereocenters. The van der Waals surface area contributed by atoms with E-state index in [0.717, 1.165) is 60.4 Å². The van der Waals surface area contributed by atoms with Crippen molar-refractivity contribution in [2.24, 2.45) is 5.73 Å². The number of fused-ring (bicyclic) bond motifs is 1. The number of nitrogens with zero attached hydrogens (tertiary/aromatic N) is 7. The number of nitrogens with two attached hydrogens (primary N) is 1. The molecule has 6 heterocycles. The number of carbonyl (C=O) groups excluding carboxylic acids is 1. The van der Waals surface area contributed by atoms with E-state index in [4.69, 9.17) is 30.3 Å². The number of aromatic nitrogens is 5. The lowest BCUT2D eigenvalue weighted by Crippen LogP contribution is -2.36. The molecule has 6 rings (SSSR count). The summed E-state index contributed by atoms with van der Waals surface area (Å²) in [5.74, 6) is -1.69. The standard InChI is InChI=1S/C25H29N9O2S.C2HF3O2/c26-14-17-15-34(16-27-17)21-6-4-5-18(28-21)24(35)29-19-13-20-22(30-23(19)32-7-2-1-3-8-32)31-25(37-20)33-9-11-36-12-10-33;3-2(4,5)1(6)7/h4-6,13,15-16H,1-3,7-12,14,26H2,(H,29,35);(H,6,7). The first-order valence-corrected chi connectivity index (χ1v) is 14.6. The molecule has 44 heavy (non-hydrogen) atoms. The summed E-state index contributed by atoms with van der Waals surface area (Å²) < 4.78 is 39.9. The number of carbonyl (C=O) groups is 2. The van der Waals surface area contributed by atoms with E-state index in [1.165, 1.54) is 6.42 Å². The van der Waals surface area contributed by atoms with Gasteiger partial charge in [-0.05, 0) is 37.5 Å². The number of pyridine rings is 2. The van der Waals surface area contributed by atoms with Crippen LogP contribution >= 0.6 is 11.3 Å². The van der Waals surface area contributed by atoms with Crippen molar-refractivity contribution in [1.29, 1.82) is 0 Å². The first-order chi connectivity index (χ1) is 21.1. The fourth-order valence-corrected chi connectivity index (χ4v) is 5.65. The van der Waals surface area contributed by atoms with Crippen LogP contribution in [0.3, 0.4) is 0 Å². The Morgan fingerprint density at radius 2 is 1.77 bits per heavy atom. The molecule has 4 aromatic heterocycles. The van der Waals surface area contributed by atoms with Crippen molar-refractivity contribution in [3.05, 3.63) is 48.2 Å². The molecular weight excluding hydrogens is 603 g/mol. The fourth-order valence-electron chi connectivity index (χ4n) is 4.65. The third-order valence-electron chi connectivity index (χ3n) is 6.86. The lowest BCUT2D eigenvalue weighted by molar-refractivity contribution is -0.192. The molecule has 4 N–H and O–H groups in total. The topological polar surface area (TPSA) is 165 Å². The number of imidazole rings is 1. The molecule has 0 radical (unpaired) electrons. The van der Waals surface area contributed by atoms with Crippen LogP contribution in [0.2, 0.25) is 0 Å². The maximum Gasteiger partial charge on any atom is 0.490 e. The number of thiazole rings is 1. The van der Waals surface area contributed by atoms with Crippen molar-refractivity contribution < 1.29 is 32.6 Å². The highest BCUT2D eigenvalue weighted by Gasteiger charge is 2.38. The van der Waals surface area contributed by atoms with Gasteiger partial charge in [0, 0.05) is 38.9 Å². The maximum atomic E-state index is 13.4. The van der Waals surface area contributed by atoms with Crippen LogP contribution in [0, 0.1) is 0 Å². The number of carboxylic acids is 1. The number of hydrogen-bond donors (Lipinski definition) is 3. The zero-order valence-electron chi connectivity index (χ0n) is 23.5. The second-order valence-electron chi connectivity index (χ2n) is 9.94. The van der Waals surface area contributed by atoms with Crippen molar-refractivity contribution in [3.8, 4) is 5.82 Å². The number of hydrogen-bond acceptors (Lipinski definition) is 11. The molecule has 13 nitrogen and oxygen atoms in total. The number of halogens is 3. The van der Waals surface area contributed by atoms with E-state index in [9.17, 15) is 18.0 Å². The van der Waals surface area contributed by atoms with Crippen molar-refractivity contribution in [2.45, 2.75) is 32.0 Å². The largest absolute Gasteiger partial charge is 0.490 e. The normalized spacial score (nSPS) is 15.5. The minimum atomic E-state index is -5.08. The van der Waals surface area contributed by atoms with Crippen LogP contribution in [-0.2, 0) is 16.1 Å². The van der Waals surface area contributed by atoms with E-state index in [-0.39, 0.29) is 5.91 Å². The van der Waals surface area contributed by atoms with Crippen molar-refractivity contribution in [1.82, 2.24) is 24.5 Å². The molecule has 0 spiro atoms. The van der Waals surface area contributed by atoms with Gasteiger partial charge in [0.05, 0.1) is 29.3 Å². The summed E-state index contributed by atoms with van der Waals surface area (Å²) in [5, 5.41) is 11.2. The van der Waals surface area contributed by atoms with Gasteiger partial charge in [0.1, 0.15) is 17.8 Å². The molecule has 234 valence electrons. The Kier molecular flexibility index (Phi) is 9.55. The summed E-state index contributed by atoms with van der Waals surface area (Å²) in [5.41, 5.74) is 8.13. The van der Waals surface area contributed by atoms with Crippen LogP contribution in [0.25, 0.3) is 16.2 Å². The number of amides is 1. The number of anilines is 3. The quantitative estimate of drug-likeness (QED) is 0.285. The van der Waals surface area contributed by atoms with E-state index in [1.54, 1.807) is 28.3 Å². The molecule has 2 aliphatic rings. The van der Waals surface area contributed by atoms with E-state index in [2.05, 4.69) is 25.1 Å². The smallest absolute Gasteiger partial charge is 0.475 e. The van der Waals surface area contributed by atoms with Gasteiger partial charge in [-0.15, -0.1) is 0 Å². The van der Waals surface area contributed by atoms with Crippen molar-refractivity contribution in [2.75, 3.05) is 54.5 Å². The molecule has 0 atom stereocenters. The van der Waals surface area contributed by atoms with Crippen LogP contribution in [0.5, 0.6) is 0 Å². The van der Waals surface area contributed by atoms with Crippen LogP contribution in [0.15, 0.2) is 36.8 Å². The summed E-state index contributed by atoms with van der Waals surface area (Å²) in [4.78, 5) is 45.4. The molecule has 17 heteroatoms. The molecule has 2 saturated heterocycles. The van der Waals surface area contributed by atoms with Crippen LogP contribution in [0.1, 0.15) is 35.4 Å². The average Bonchev–Trinajstić information content (AvgIpc) is 3.69. The Labute approximate surface area is 253 Å². The monoisotopic (exact) mass is 633 g/mol. The molecule has 2 fully saturated rings. The second-order valence-corrected chi connectivity index (χ2v) is 10.9. The van der Waals surface area contributed by atoms with Gasteiger partial charge in [0.15, 0.2) is 16.6 Å². The number of carboxylic acid groups (broad SMARTS) is 1. The van der Waals surface area contributed by atoms with Crippen LogP contribution in [-0.4, -0.2) is 87.1 Å². The number of rotatable bonds is 6. The zero-order valence-corrected chi connectivity index (χ0v) is 24.3. The molecule has 0 aliphatic carbocycles. The molecule has 4 aromatic rings. The third kappa shape index (κ3) is 7.40. The number of aliphatic carboxylic acids is 1. The Morgan fingerprint density at radius 3 is 2.43 bits per heavy atom. The Morgan fingerprint density at radius 1 is 1.05 bits per heavy atom. The maximum absolute atomic E-state index is 13.4. The van der Waals surface area contributed by atoms with E-state index in [1.807, 2.05) is 24.4 Å². The minimum Gasteiger partial charge on any atom is -0.475 e. The molecule has 1 amide bonds. The number of piperidine rings is 1. The summed E-state index contributed by atoms with van der Waals surface area (Å²) in [6.45, 7) is 5.17. The lowest BCUT2D eigenvalue weighted by Gasteiger charge is -2.29. The molecule has 2 aliphatic heterocycles. The Hall–Kier alpha value is -4.35. The summed E-state index contributed by atoms with van der Waals surface area (Å²) >= 11 is 1.59. The minimum absolute atomic E-state index is 0.293. The van der Waals surface area contributed by atoms with Gasteiger partial charge in [-0.25, -0.2) is 19.7 Å². The molecule has 0 aromatic carbocycles. The van der Waals surface area contributed by atoms with Gasteiger partial charge in [-0.3, -0.25) is 9.36 Å². The van der Waals surface area contributed by atoms with Gasteiger partial charge < -0.3 is 30.7 Å². The van der Waals surface area contributed by atoms with Gasteiger partial charge in [0.2, 0.25) is 0 Å². The highest BCUT2D eigenvalue weighted by Crippen LogP contribution is 2.35. The second kappa shape index (κ2) is 13.5. The lowest BCUT2D eigenvalue weighted by atomic mass is 10.1.